The average Bonchev–Trinajstić information content (AvgIpc) is 3.05. The Hall–Kier alpha value is -2.64. The smallest absolute Gasteiger partial charge is 0.289 e. The first-order valence-corrected chi connectivity index (χ1v) is 8.58. The normalized spacial score (nSPS) is 18.4. The quantitative estimate of drug-likeness (QED) is 0.880. The van der Waals surface area contributed by atoms with Crippen LogP contribution in [-0.2, 0) is 9.59 Å². The summed E-state index contributed by atoms with van der Waals surface area (Å²) in [5.41, 5.74) is 3.31. The predicted octanol–water partition coefficient (Wildman–Crippen LogP) is 1.00. The summed E-state index contributed by atoms with van der Waals surface area (Å²) < 4.78 is 5.16. The van der Waals surface area contributed by atoms with Gasteiger partial charge < -0.3 is 14.2 Å². The van der Waals surface area contributed by atoms with Crippen molar-refractivity contribution in [3.8, 4) is 0 Å². The molecule has 1 aromatic rings. The highest BCUT2D eigenvalue weighted by Gasteiger charge is 2.24. The van der Waals surface area contributed by atoms with E-state index in [1.165, 1.54) is 6.26 Å². The van der Waals surface area contributed by atoms with E-state index in [4.69, 9.17) is 4.42 Å². The maximum atomic E-state index is 12.4. The highest BCUT2D eigenvalue weighted by Crippen LogP contribution is 2.12. The van der Waals surface area contributed by atoms with Crippen molar-refractivity contribution in [3.05, 3.63) is 24.2 Å². The molecule has 2 aliphatic rings. The molecule has 3 heterocycles. The molecule has 1 N–H and O–H groups in total. The van der Waals surface area contributed by atoms with Gasteiger partial charge in [-0.25, -0.2) is 5.43 Å². The third-order valence-electron chi connectivity index (χ3n) is 4.47. The number of amides is 3. The molecule has 3 amide bonds. The number of carbonyl (C=O) groups excluding carboxylic acids is 3. The SMILES string of the molecule is O=C1CCC(CCC(=O)N2CCCN(C(=O)c3ccco3)CC2)=NN1. The van der Waals surface area contributed by atoms with Gasteiger partial charge in [0.25, 0.3) is 5.91 Å². The molecule has 0 spiro atoms. The molecule has 8 heteroatoms. The van der Waals surface area contributed by atoms with Crippen LogP contribution in [0.5, 0.6) is 0 Å². The molecular weight excluding hydrogens is 324 g/mol. The van der Waals surface area contributed by atoms with Crippen molar-refractivity contribution in [3.63, 3.8) is 0 Å². The number of carbonyl (C=O) groups is 3. The second kappa shape index (κ2) is 7.96. The van der Waals surface area contributed by atoms with Crippen LogP contribution in [0.1, 0.15) is 42.7 Å². The van der Waals surface area contributed by atoms with Crippen LogP contribution in [0.2, 0.25) is 0 Å². The van der Waals surface area contributed by atoms with Crippen molar-refractivity contribution in [2.45, 2.75) is 32.1 Å². The minimum absolute atomic E-state index is 0.0619. The van der Waals surface area contributed by atoms with E-state index in [2.05, 4.69) is 10.5 Å². The number of nitrogens with zero attached hydrogens (tertiary/aromatic N) is 3. The molecule has 0 aromatic carbocycles. The summed E-state index contributed by atoms with van der Waals surface area (Å²) in [6.07, 6.45) is 4.21. The third kappa shape index (κ3) is 4.46. The van der Waals surface area contributed by atoms with Crippen LogP contribution in [0.15, 0.2) is 27.9 Å². The van der Waals surface area contributed by atoms with Crippen LogP contribution in [0.3, 0.4) is 0 Å². The second-order valence-electron chi connectivity index (χ2n) is 6.22. The highest BCUT2D eigenvalue weighted by atomic mass is 16.3. The van der Waals surface area contributed by atoms with Crippen molar-refractivity contribution >= 4 is 23.4 Å². The number of furan rings is 1. The monoisotopic (exact) mass is 346 g/mol. The van der Waals surface area contributed by atoms with E-state index in [0.717, 1.165) is 12.1 Å². The Morgan fingerprint density at radius 3 is 2.68 bits per heavy atom. The number of rotatable bonds is 4. The molecular formula is C17H22N4O4. The predicted molar refractivity (Wildman–Crippen MR) is 89.9 cm³/mol. The maximum absolute atomic E-state index is 12.4. The Morgan fingerprint density at radius 1 is 1.16 bits per heavy atom. The molecule has 2 aliphatic heterocycles. The lowest BCUT2D eigenvalue weighted by Gasteiger charge is -2.22. The van der Waals surface area contributed by atoms with Crippen molar-refractivity contribution < 1.29 is 18.8 Å². The molecule has 3 rings (SSSR count). The summed E-state index contributed by atoms with van der Waals surface area (Å²) in [5, 5.41) is 3.99. The van der Waals surface area contributed by atoms with Crippen LogP contribution >= 0.6 is 0 Å². The molecule has 1 saturated heterocycles. The Bertz CT molecular complexity index is 668. The average molecular weight is 346 g/mol. The van der Waals surface area contributed by atoms with Gasteiger partial charge in [-0.2, -0.15) is 5.10 Å². The Balaban J connectivity index is 1.48. The van der Waals surface area contributed by atoms with Gasteiger partial charge in [-0.15, -0.1) is 0 Å². The lowest BCUT2D eigenvalue weighted by Crippen LogP contribution is -2.37. The molecule has 0 unspecified atom stereocenters. The number of nitrogens with one attached hydrogen (secondary N) is 1. The second-order valence-corrected chi connectivity index (χ2v) is 6.22. The van der Waals surface area contributed by atoms with E-state index in [1.54, 1.807) is 21.9 Å². The van der Waals surface area contributed by atoms with Gasteiger partial charge >= 0.3 is 0 Å². The standard InChI is InChI=1S/C17H22N4O4/c22-15-6-4-13(18-19-15)5-7-16(23)20-8-2-9-21(11-10-20)17(24)14-3-1-12-25-14/h1,3,12H,2,4-11H2,(H,19,22). The van der Waals surface area contributed by atoms with E-state index in [-0.39, 0.29) is 17.7 Å². The first kappa shape index (κ1) is 17.2. The van der Waals surface area contributed by atoms with Crippen molar-refractivity contribution in [2.24, 2.45) is 5.10 Å². The summed E-state index contributed by atoms with van der Waals surface area (Å²) in [6, 6.07) is 3.34. The first-order chi connectivity index (χ1) is 12.1. The van der Waals surface area contributed by atoms with Crippen LogP contribution in [-0.4, -0.2) is 59.4 Å². The van der Waals surface area contributed by atoms with Crippen molar-refractivity contribution in [2.75, 3.05) is 26.2 Å². The summed E-state index contributed by atoms with van der Waals surface area (Å²) in [4.78, 5) is 39.4. The Kier molecular flexibility index (Phi) is 5.47. The fourth-order valence-electron chi connectivity index (χ4n) is 3.03. The van der Waals surface area contributed by atoms with Gasteiger partial charge in [-0.1, -0.05) is 0 Å². The lowest BCUT2D eigenvalue weighted by atomic mass is 10.1. The molecule has 0 radical (unpaired) electrons. The van der Waals surface area contributed by atoms with Crippen LogP contribution < -0.4 is 5.43 Å². The molecule has 0 bridgehead atoms. The first-order valence-electron chi connectivity index (χ1n) is 8.58. The van der Waals surface area contributed by atoms with Gasteiger partial charge in [0.2, 0.25) is 11.8 Å². The third-order valence-corrected chi connectivity index (χ3v) is 4.47. The summed E-state index contributed by atoms with van der Waals surface area (Å²) in [6.45, 7) is 2.28. The zero-order chi connectivity index (χ0) is 17.6. The Morgan fingerprint density at radius 2 is 1.96 bits per heavy atom. The molecule has 1 fully saturated rings. The fraction of sp³-hybridized carbons (Fsp3) is 0.529. The maximum Gasteiger partial charge on any atom is 0.289 e. The van der Waals surface area contributed by atoms with Crippen LogP contribution in [0.4, 0.5) is 0 Å². The summed E-state index contributed by atoms with van der Waals surface area (Å²) in [7, 11) is 0. The molecule has 0 saturated carbocycles. The molecule has 25 heavy (non-hydrogen) atoms. The highest BCUT2D eigenvalue weighted by molar-refractivity contribution is 5.94. The minimum Gasteiger partial charge on any atom is -0.459 e. The Labute approximate surface area is 145 Å². The molecule has 134 valence electrons. The summed E-state index contributed by atoms with van der Waals surface area (Å²) in [5.74, 6) is 0.180. The molecule has 0 atom stereocenters. The van der Waals surface area contributed by atoms with E-state index >= 15 is 0 Å². The van der Waals surface area contributed by atoms with Crippen molar-refractivity contribution in [1.82, 2.24) is 15.2 Å². The fourth-order valence-corrected chi connectivity index (χ4v) is 3.03. The largest absolute Gasteiger partial charge is 0.459 e. The number of hydrogen-bond acceptors (Lipinski definition) is 5. The van der Waals surface area contributed by atoms with Gasteiger partial charge in [0, 0.05) is 44.7 Å². The van der Waals surface area contributed by atoms with E-state index < -0.39 is 0 Å². The van der Waals surface area contributed by atoms with Gasteiger partial charge in [0.05, 0.1) is 6.26 Å². The van der Waals surface area contributed by atoms with Crippen LogP contribution in [0, 0.1) is 0 Å². The zero-order valence-electron chi connectivity index (χ0n) is 14.1. The molecule has 8 nitrogen and oxygen atoms in total. The summed E-state index contributed by atoms with van der Waals surface area (Å²) >= 11 is 0. The van der Waals surface area contributed by atoms with Crippen LogP contribution in [0.25, 0.3) is 0 Å². The molecule has 0 aliphatic carbocycles. The molecule has 1 aromatic heterocycles. The number of hydrazone groups is 1. The minimum atomic E-state index is -0.133. The van der Waals surface area contributed by atoms with Crippen molar-refractivity contribution in [1.29, 1.82) is 0 Å². The van der Waals surface area contributed by atoms with Gasteiger partial charge in [-0.3, -0.25) is 14.4 Å². The lowest BCUT2D eigenvalue weighted by molar-refractivity contribution is -0.130. The van der Waals surface area contributed by atoms with Gasteiger partial charge in [0.15, 0.2) is 5.76 Å². The van der Waals surface area contributed by atoms with E-state index in [0.29, 0.717) is 57.6 Å². The van der Waals surface area contributed by atoms with Gasteiger partial charge in [-0.05, 0) is 31.4 Å². The zero-order valence-corrected chi connectivity index (χ0v) is 14.1. The van der Waals surface area contributed by atoms with Gasteiger partial charge in [0.1, 0.15) is 0 Å². The van der Waals surface area contributed by atoms with E-state index in [9.17, 15) is 14.4 Å². The topological polar surface area (TPSA) is 95.2 Å². The number of hydrogen-bond donors (Lipinski definition) is 1. The van der Waals surface area contributed by atoms with E-state index in [1.807, 2.05) is 0 Å².